The number of sulfone groups is 1. The van der Waals surface area contributed by atoms with Gasteiger partial charge in [-0.05, 0) is 80.5 Å². The molecule has 3 rings (SSSR count). The summed E-state index contributed by atoms with van der Waals surface area (Å²) in [4.78, 5) is 16.4. The van der Waals surface area contributed by atoms with Gasteiger partial charge in [-0.15, -0.1) is 12.4 Å². The van der Waals surface area contributed by atoms with Crippen LogP contribution < -0.4 is 10.2 Å². The summed E-state index contributed by atoms with van der Waals surface area (Å²) in [5.41, 5.74) is 2.93. The Kier molecular flexibility index (Phi) is 10.7. The Hall–Kier alpha value is -2.24. The third-order valence-corrected chi connectivity index (χ3v) is 7.37. The number of carbonyl (C=O) groups is 1. The lowest BCUT2D eigenvalue weighted by atomic mass is 9.85. The Morgan fingerprint density at radius 2 is 1.85 bits per heavy atom. The van der Waals surface area contributed by atoms with Crippen molar-refractivity contribution in [2.45, 2.75) is 61.6 Å². The molecule has 0 aliphatic heterocycles. The van der Waals surface area contributed by atoms with Gasteiger partial charge < -0.3 is 9.47 Å². The number of nitrogens with zero attached hydrogens (tertiary/aromatic N) is 2. The van der Waals surface area contributed by atoms with Gasteiger partial charge in [-0.3, -0.25) is 15.4 Å². The van der Waals surface area contributed by atoms with Crippen LogP contribution in [-0.4, -0.2) is 49.5 Å². The van der Waals surface area contributed by atoms with E-state index < -0.39 is 9.84 Å². The monoisotopic (exact) mass is 513 g/mol. The molecule has 34 heavy (non-hydrogen) atoms. The topological polar surface area (TPSA) is 118 Å². The number of pyridine rings is 1. The smallest absolute Gasteiger partial charge is 0.236 e. The Labute approximate surface area is 206 Å². The van der Waals surface area contributed by atoms with E-state index in [0.717, 1.165) is 25.7 Å². The number of hydrogen-bond acceptors (Lipinski definition) is 8. The number of hydroxylamine groups is 1. The number of hydrazine groups is 1. The number of benzene rings is 1. The van der Waals surface area contributed by atoms with Crippen molar-refractivity contribution < 1.29 is 27.9 Å². The van der Waals surface area contributed by atoms with Gasteiger partial charge >= 0.3 is 0 Å². The Morgan fingerprint density at radius 1 is 1.18 bits per heavy atom. The minimum atomic E-state index is -3.84. The molecule has 0 atom stereocenters. The van der Waals surface area contributed by atoms with Crippen LogP contribution in [0.3, 0.4) is 0 Å². The standard InChI is InChI=1S/C23H31N3O6S.ClH/c1-3-32-20-6-4-17(5-7-20)14-22(27)25-26(28)16-18-12-13-24-23(15-18)33(29,30)21-10-8-19(31-2)9-11-21;/h8-13,15,17,20,28H,3-7,14,16H2,1-2H3,(H,25,27);1H. The average Bonchev–Trinajstić information content (AvgIpc) is 2.80. The zero-order chi connectivity index (χ0) is 23.8. The van der Waals surface area contributed by atoms with Crippen LogP contribution in [0.2, 0.25) is 0 Å². The zero-order valence-corrected chi connectivity index (χ0v) is 21.0. The third-order valence-electron chi connectivity index (χ3n) is 5.70. The summed E-state index contributed by atoms with van der Waals surface area (Å²) in [6, 6.07) is 8.98. The fourth-order valence-corrected chi connectivity index (χ4v) is 5.22. The molecular formula is C23H32ClN3O6S. The van der Waals surface area contributed by atoms with Crippen molar-refractivity contribution in [1.29, 1.82) is 0 Å². The predicted molar refractivity (Wildman–Crippen MR) is 127 cm³/mol. The number of ether oxygens (including phenoxy) is 2. The predicted octanol–water partition coefficient (Wildman–Crippen LogP) is 3.55. The number of aromatic nitrogens is 1. The molecule has 0 spiro atoms. The van der Waals surface area contributed by atoms with Crippen LogP contribution >= 0.6 is 12.4 Å². The van der Waals surface area contributed by atoms with Crippen LogP contribution in [0.4, 0.5) is 0 Å². The quantitative estimate of drug-likeness (QED) is 0.463. The van der Waals surface area contributed by atoms with Gasteiger partial charge in [-0.25, -0.2) is 13.4 Å². The molecule has 1 heterocycles. The van der Waals surface area contributed by atoms with Crippen LogP contribution in [0.1, 0.15) is 44.6 Å². The third kappa shape index (κ3) is 7.64. The van der Waals surface area contributed by atoms with Gasteiger partial charge in [0.15, 0.2) is 5.03 Å². The summed E-state index contributed by atoms with van der Waals surface area (Å²) in [6.07, 6.45) is 5.68. The first-order valence-electron chi connectivity index (χ1n) is 11.0. The van der Waals surface area contributed by atoms with Gasteiger partial charge in [-0.2, -0.15) is 0 Å². The molecule has 9 nitrogen and oxygen atoms in total. The first-order valence-corrected chi connectivity index (χ1v) is 12.5. The Morgan fingerprint density at radius 3 is 2.47 bits per heavy atom. The number of methoxy groups -OCH3 is 1. The molecule has 0 saturated heterocycles. The van der Waals surface area contributed by atoms with Crippen LogP contribution in [0, 0.1) is 5.92 Å². The molecular weight excluding hydrogens is 482 g/mol. The lowest BCUT2D eigenvalue weighted by Gasteiger charge is -2.28. The maximum absolute atomic E-state index is 12.9. The number of nitrogens with one attached hydrogen (secondary N) is 1. The summed E-state index contributed by atoms with van der Waals surface area (Å²) in [7, 11) is -2.34. The minimum Gasteiger partial charge on any atom is -0.497 e. The molecule has 1 amide bonds. The fourth-order valence-electron chi connectivity index (χ4n) is 3.97. The molecule has 1 aliphatic carbocycles. The summed E-state index contributed by atoms with van der Waals surface area (Å²) >= 11 is 0. The van der Waals surface area contributed by atoms with Crippen molar-refractivity contribution >= 4 is 28.2 Å². The van der Waals surface area contributed by atoms with Gasteiger partial charge in [-0.1, -0.05) is 5.17 Å². The molecule has 0 unspecified atom stereocenters. The average molecular weight is 514 g/mol. The van der Waals surface area contributed by atoms with E-state index in [1.807, 2.05) is 6.92 Å². The van der Waals surface area contributed by atoms with E-state index in [1.165, 1.54) is 31.5 Å². The van der Waals surface area contributed by atoms with Gasteiger partial charge in [0.2, 0.25) is 15.7 Å². The maximum Gasteiger partial charge on any atom is 0.236 e. The van der Waals surface area contributed by atoms with Crippen molar-refractivity contribution in [3.05, 3.63) is 48.2 Å². The van der Waals surface area contributed by atoms with E-state index in [0.29, 0.717) is 29.5 Å². The van der Waals surface area contributed by atoms with Crippen LogP contribution in [0.5, 0.6) is 5.75 Å². The molecule has 1 aliphatic rings. The second kappa shape index (κ2) is 13.0. The van der Waals surface area contributed by atoms with Gasteiger partial charge in [0.25, 0.3) is 0 Å². The molecule has 2 aromatic rings. The Bertz CT molecular complexity index is 1030. The highest BCUT2D eigenvalue weighted by atomic mass is 35.5. The molecule has 0 bridgehead atoms. The molecule has 2 N–H and O–H groups in total. The SMILES string of the molecule is CCOC1CCC(CC(=O)NN(O)Cc2ccnc(S(=O)(=O)c3ccc(OC)cc3)c2)CC1.Cl. The minimum absolute atomic E-state index is 0. The van der Waals surface area contributed by atoms with Crippen molar-refractivity contribution in [3.8, 4) is 5.75 Å². The normalized spacial score (nSPS) is 18.2. The maximum atomic E-state index is 12.9. The van der Waals surface area contributed by atoms with Crippen LogP contribution in [0.25, 0.3) is 0 Å². The molecule has 1 aromatic heterocycles. The lowest BCUT2D eigenvalue weighted by molar-refractivity contribution is -0.166. The summed E-state index contributed by atoms with van der Waals surface area (Å²) in [5.74, 6) is 0.527. The first kappa shape index (κ1) is 28.0. The van der Waals surface area contributed by atoms with E-state index in [1.54, 1.807) is 18.2 Å². The van der Waals surface area contributed by atoms with E-state index >= 15 is 0 Å². The first-order chi connectivity index (χ1) is 15.8. The summed E-state index contributed by atoms with van der Waals surface area (Å²) in [6.45, 7) is 2.60. The van der Waals surface area contributed by atoms with Gasteiger partial charge in [0, 0.05) is 19.2 Å². The number of hydrogen-bond donors (Lipinski definition) is 2. The van der Waals surface area contributed by atoms with Crippen molar-refractivity contribution in [2.24, 2.45) is 5.92 Å². The van der Waals surface area contributed by atoms with Crippen molar-refractivity contribution in [3.63, 3.8) is 0 Å². The molecule has 1 fully saturated rings. The molecule has 11 heteroatoms. The van der Waals surface area contributed by atoms with Gasteiger partial charge in [0.1, 0.15) is 5.75 Å². The fraction of sp³-hybridized carbons (Fsp3) is 0.478. The number of amides is 1. The van der Waals surface area contributed by atoms with Crippen LogP contribution in [-0.2, 0) is 25.9 Å². The van der Waals surface area contributed by atoms with Crippen molar-refractivity contribution in [1.82, 2.24) is 15.6 Å². The van der Waals surface area contributed by atoms with E-state index in [4.69, 9.17) is 9.47 Å². The number of halogens is 1. The summed E-state index contributed by atoms with van der Waals surface area (Å²) in [5, 5.41) is 10.7. The van der Waals surface area contributed by atoms with Gasteiger partial charge in [0.05, 0.1) is 24.7 Å². The molecule has 1 saturated carbocycles. The molecule has 0 radical (unpaired) electrons. The second-order valence-corrected chi connectivity index (χ2v) is 9.97. The van der Waals surface area contributed by atoms with E-state index in [2.05, 4.69) is 10.4 Å². The lowest BCUT2D eigenvalue weighted by Crippen LogP contribution is -2.40. The van der Waals surface area contributed by atoms with E-state index in [-0.39, 0.29) is 46.8 Å². The highest BCUT2D eigenvalue weighted by Crippen LogP contribution is 2.28. The van der Waals surface area contributed by atoms with Crippen LogP contribution in [0.15, 0.2) is 52.5 Å². The Balaban J connectivity index is 0.00000408. The van der Waals surface area contributed by atoms with E-state index in [9.17, 15) is 18.4 Å². The van der Waals surface area contributed by atoms with Crippen molar-refractivity contribution in [2.75, 3.05) is 13.7 Å². The summed E-state index contributed by atoms with van der Waals surface area (Å²) < 4.78 is 36.5. The highest BCUT2D eigenvalue weighted by Gasteiger charge is 2.24. The molecule has 188 valence electrons. The second-order valence-electron chi connectivity index (χ2n) is 8.08. The molecule has 1 aromatic carbocycles. The zero-order valence-electron chi connectivity index (χ0n) is 19.3. The number of rotatable bonds is 10. The highest BCUT2D eigenvalue weighted by molar-refractivity contribution is 7.91. The number of carbonyl (C=O) groups excluding carboxylic acids is 1. The largest absolute Gasteiger partial charge is 0.497 e.